The summed E-state index contributed by atoms with van der Waals surface area (Å²) in [6.07, 6.45) is 7.45. The lowest BCUT2D eigenvalue weighted by atomic mass is 10.3. The molecule has 1 saturated heterocycles. The molecular formula is C10H17NO2S. The number of rotatable bonds is 2. The van der Waals surface area contributed by atoms with E-state index in [2.05, 4.69) is 0 Å². The van der Waals surface area contributed by atoms with Gasteiger partial charge in [0.05, 0.1) is 5.25 Å². The van der Waals surface area contributed by atoms with Gasteiger partial charge in [-0.25, -0.2) is 8.42 Å². The predicted octanol–water partition coefficient (Wildman–Crippen LogP) is 1.50. The summed E-state index contributed by atoms with van der Waals surface area (Å²) in [5.74, 6) is 0. The fraction of sp³-hybridized carbons (Fsp3) is 1.00. The van der Waals surface area contributed by atoms with Crippen molar-refractivity contribution in [1.82, 2.24) is 4.31 Å². The van der Waals surface area contributed by atoms with Crippen molar-refractivity contribution < 1.29 is 8.42 Å². The molecule has 2 aliphatic carbocycles. The van der Waals surface area contributed by atoms with Crippen molar-refractivity contribution in [1.29, 1.82) is 0 Å². The fourth-order valence-electron chi connectivity index (χ4n) is 3.22. The summed E-state index contributed by atoms with van der Waals surface area (Å²) in [5.41, 5.74) is 0. The highest BCUT2D eigenvalue weighted by molar-refractivity contribution is 7.90. The predicted molar refractivity (Wildman–Crippen MR) is 54.4 cm³/mol. The van der Waals surface area contributed by atoms with Gasteiger partial charge >= 0.3 is 0 Å². The van der Waals surface area contributed by atoms with Crippen LogP contribution in [-0.2, 0) is 10.0 Å². The van der Waals surface area contributed by atoms with Gasteiger partial charge in [0.15, 0.2) is 0 Å². The third-order valence-electron chi connectivity index (χ3n) is 4.03. The smallest absolute Gasteiger partial charge is 0.212 e. The van der Waals surface area contributed by atoms with E-state index in [4.69, 9.17) is 0 Å². The molecule has 3 fully saturated rings. The van der Waals surface area contributed by atoms with E-state index in [0.29, 0.717) is 12.1 Å². The maximum Gasteiger partial charge on any atom is 0.217 e. The molecule has 3 rings (SSSR count). The Bertz CT molecular complexity index is 322. The molecule has 0 amide bonds. The fourth-order valence-corrected chi connectivity index (χ4v) is 5.69. The van der Waals surface area contributed by atoms with Crippen LogP contribution in [0.3, 0.4) is 0 Å². The molecule has 4 heteroatoms. The molecule has 0 aromatic heterocycles. The largest absolute Gasteiger partial charge is 0.217 e. The van der Waals surface area contributed by atoms with Gasteiger partial charge in [-0.3, -0.25) is 0 Å². The summed E-state index contributed by atoms with van der Waals surface area (Å²) in [7, 11) is -2.89. The van der Waals surface area contributed by atoms with Crippen molar-refractivity contribution in [2.75, 3.05) is 0 Å². The van der Waals surface area contributed by atoms with E-state index in [1.807, 2.05) is 4.31 Å². The quantitative estimate of drug-likeness (QED) is 0.654. The maximum absolute atomic E-state index is 12.1. The summed E-state index contributed by atoms with van der Waals surface area (Å²) in [6, 6.07) is 0.807. The summed E-state index contributed by atoms with van der Waals surface area (Å²) < 4.78 is 26.1. The van der Waals surface area contributed by atoms with Crippen molar-refractivity contribution in [3.8, 4) is 0 Å². The van der Waals surface area contributed by atoms with Gasteiger partial charge in [0.2, 0.25) is 10.0 Å². The van der Waals surface area contributed by atoms with Crippen LogP contribution in [0, 0.1) is 0 Å². The van der Waals surface area contributed by atoms with Crippen LogP contribution in [-0.4, -0.2) is 30.1 Å². The Kier molecular flexibility index (Phi) is 1.93. The Morgan fingerprint density at radius 3 is 2.00 bits per heavy atom. The molecule has 0 unspecified atom stereocenters. The zero-order chi connectivity index (χ0) is 9.76. The second-order valence-corrected chi connectivity index (χ2v) is 6.97. The van der Waals surface area contributed by atoms with Crippen LogP contribution in [0.25, 0.3) is 0 Å². The van der Waals surface area contributed by atoms with Crippen molar-refractivity contribution in [3.05, 3.63) is 0 Å². The first-order valence-electron chi connectivity index (χ1n) is 5.73. The molecule has 80 valence electrons. The summed E-state index contributed by atoms with van der Waals surface area (Å²) in [4.78, 5) is 0. The molecule has 0 aromatic rings. The molecule has 3 aliphatic rings. The van der Waals surface area contributed by atoms with Gasteiger partial charge in [0.1, 0.15) is 0 Å². The first kappa shape index (κ1) is 9.16. The average Bonchev–Trinajstić information content (AvgIpc) is 2.66. The van der Waals surface area contributed by atoms with Gasteiger partial charge in [0.25, 0.3) is 0 Å². The Morgan fingerprint density at radius 1 is 0.857 bits per heavy atom. The van der Waals surface area contributed by atoms with Crippen LogP contribution in [0.2, 0.25) is 0 Å². The first-order chi connectivity index (χ1) is 6.71. The van der Waals surface area contributed by atoms with E-state index in [0.717, 1.165) is 38.5 Å². The van der Waals surface area contributed by atoms with Crippen molar-refractivity contribution in [3.63, 3.8) is 0 Å². The summed E-state index contributed by atoms with van der Waals surface area (Å²) in [5, 5.41) is -0.0342. The number of nitrogens with zero attached hydrogens (tertiary/aromatic N) is 1. The van der Waals surface area contributed by atoms with Gasteiger partial charge in [0, 0.05) is 12.1 Å². The minimum absolute atomic E-state index is 0.0342. The van der Waals surface area contributed by atoms with Crippen LogP contribution in [0.5, 0.6) is 0 Å². The Morgan fingerprint density at radius 2 is 1.43 bits per heavy atom. The van der Waals surface area contributed by atoms with E-state index in [1.165, 1.54) is 6.42 Å². The van der Waals surface area contributed by atoms with Gasteiger partial charge < -0.3 is 0 Å². The highest BCUT2D eigenvalue weighted by atomic mass is 32.2. The number of sulfonamides is 1. The molecule has 2 atom stereocenters. The number of hydrogen-bond acceptors (Lipinski definition) is 2. The third kappa shape index (κ3) is 1.16. The van der Waals surface area contributed by atoms with Crippen LogP contribution in [0.4, 0.5) is 0 Å². The molecule has 0 spiro atoms. The third-order valence-corrected chi connectivity index (χ3v) is 6.47. The zero-order valence-electron chi connectivity index (χ0n) is 8.35. The maximum atomic E-state index is 12.1. The molecule has 3 nitrogen and oxygen atoms in total. The number of fused-ring (bicyclic) bond motifs is 1. The molecule has 0 radical (unpaired) electrons. The Hall–Kier alpha value is -0.0900. The molecular weight excluding hydrogens is 198 g/mol. The van der Waals surface area contributed by atoms with E-state index in [1.54, 1.807) is 0 Å². The molecule has 0 aromatic carbocycles. The van der Waals surface area contributed by atoms with Crippen LogP contribution >= 0.6 is 0 Å². The van der Waals surface area contributed by atoms with Crippen molar-refractivity contribution in [2.45, 2.75) is 62.3 Å². The van der Waals surface area contributed by atoms with Crippen LogP contribution < -0.4 is 0 Å². The number of hydrogen-bond donors (Lipinski definition) is 0. The van der Waals surface area contributed by atoms with Gasteiger partial charge in [-0.05, 0) is 25.7 Å². The molecule has 0 N–H and O–H groups in total. The van der Waals surface area contributed by atoms with Gasteiger partial charge in [-0.1, -0.05) is 19.3 Å². The first-order valence-corrected chi connectivity index (χ1v) is 7.24. The molecule has 1 aliphatic heterocycles. The molecule has 0 bridgehead atoms. The summed E-state index contributed by atoms with van der Waals surface area (Å²) in [6.45, 7) is 0. The lowest BCUT2D eigenvalue weighted by Gasteiger charge is -2.14. The van der Waals surface area contributed by atoms with Crippen LogP contribution in [0.15, 0.2) is 0 Å². The van der Waals surface area contributed by atoms with E-state index < -0.39 is 10.0 Å². The van der Waals surface area contributed by atoms with E-state index in [-0.39, 0.29) is 5.25 Å². The monoisotopic (exact) mass is 215 g/mol. The SMILES string of the molecule is O=S(=O)(C1CCCC1)N1[C@H]2CCC[C@@H]21. The standard InChI is InChI=1S/C10H17NO2S/c12-14(13,8-4-1-2-5-8)11-9-6-3-7-10(9)11/h8-10H,1-7H2/t9-,10-/m0/s1. The van der Waals surface area contributed by atoms with Gasteiger partial charge in [-0.2, -0.15) is 4.31 Å². The van der Waals surface area contributed by atoms with E-state index in [9.17, 15) is 8.42 Å². The van der Waals surface area contributed by atoms with Crippen molar-refractivity contribution >= 4 is 10.0 Å². The minimum atomic E-state index is -2.89. The highest BCUT2D eigenvalue weighted by Gasteiger charge is 2.58. The average molecular weight is 215 g/mol. The Labute approximate surface area is 85.5 Å². The summed E-state index contributed by atoms with van der Waals surface area (Å²) >= 11 is 0. The lowest BCUT2D eigenvalue weighted by molar-refractivity contribution is 0.503. The second kappa shape index (κ2) is 2.95. The molecule has 14 heavy (non-hydrogen) atoms. The zero-order valence-corrected chi connectivity index (χ0v) is 9.17. The number of piperidine rings is 1. The normalized spacial score (nSPS) is 42.7. The van der Waals surface area contributed by atoms with Crippen molar-refractivity contribution in [2.24, 2.45) is 0 Å². The molecule has 2 saturated carbocycles. The van der Waals surface area contributed by atoms with Gasteiger partial charge in [-0.15, -0.1) is 0 Å². The lowest BCUT2D eigenvalue weighted by Crippen LogP contribution is -2.28. The van der Waals surface area contributed by atoms with E-state index >= 15 is 0 Å². The topological polar surface area (TPSA) is 37.1 Å². The second-order valence-electron chi connectivity index (χ2n) is 4.85. The minimum Gasteiger partial charge on any atom is -0.212 e. The Balaban J connectivity index is 1.77. The van der Waals surface area contributed by atoms with Crippen LogP contribution in [0.1, 0.15) is 44.9 Å². The molecule has 1 heterocycles. The highest BCUT2D eigenvalue weighted by Crippen LogP contribution is 2.47.